The number of ether oxygens (including phenoxy) is 1. The second kappa shape index (κ2) is 8.96. The summed E-state index contributed by atoms with van der Waals surface area (Å²) in [4.78, 5) is 30.4. The van der Waals surface area contributed by atoms with Gasteiger partial charge in [-0.15, -0.1) is 0 Å². The van der Waals surface area contributed by atoms with E-state index in [1.165, 1.54) is 12.1 Å². The molecule has 1 unspecified atom stereocenters. The smallest absolute Gasteiger partial charge is 0.453 e. The van der Waals surface area contributed by atoms with Crippen LogP contribution in [0.2, 0.25) is 0 Å². The van der Waals surface area contributed by atoms with Crippen LogP contribution < -0.4 is 10.1 Å². The monoisotopic (exact) mass is 476 g/mol. The highest BCUT2D eigenvalue weighted by atomic mass is 19.4. The van der Waals surface area contributed by atoms with Gasteiger partial charge in [-0.1, -0.05) is 18.5 Å². The van der Waals surface area contributed by atoms with Crippen molar-refractivity contribution in [1.82, 2.24) is 20.4 Å². The number of alkyl halides is 3. The Morgan fingerprint density at radius 3 is 2.59 bits per heavy atom. The summed E-state index contributed by atoms with van der Waals surface area (Å²) < 4.78 is 49.9. The fourth-order valence-electron chi connectivity index (χ4n) is 4.06. The minimum Gasteiger partial charge on any atom is -0.493 e. The number of fused-ring (bicyclic) bond motifs is 1. The summed E-state index contributed by atoms with van der Waals surface area (Å²) in [6, 6.07) is 5.59. The number of nitrogens with one attached hydrogen (secondary N) is 1. The Kier molecular flexibility index (Phi) is 6.20. The van der Waals surface area contributed by atoms with Gasteiger partial charge in [0.05, 0.1) is 12.0 Å². The van der Waals surface area contributed by atoms with Crippen LogP contribution in [0.5, 0.6) is 5.75 Å². The Labute approximate surface area is 193 Å². The lowest BCUT2D eigenvalue weighted by molar-refractivity contribution is -0.154. The third-order valence-electron chi connectivity index (χ3n) is 5.79. The van der Waals surface area contributed by atoms with Gasteiger partial charge in [0.1, 0.15) is 16.8 Å². The van der Waals surface area contributed by atoms with Crippen LogP contribution in [0.4, 0.5) is 18.0 Å². The SMILES string of the molecule is CCCc1c(OCCCN2C(=O)NC(C)(c3ccncc3)C2=O)ccc2c(C(F)(F)F)onc12. The van der Waals surface area contributed by atoms with Crippen molar-refractivity contribution in [1.29, 1.82) is 0 Å². The van der Waals surface area contributed by atoms with Crippen molar-refractivity contribution in [3.05, 3.63) is 53.5 Å². The third-order valence-corrected chi connectivity index (χ3v) is 5.79. The molecule has 3 heterocycles. The number of benzene rings is 1. The van der Waals surface area contributed by atoms with E-state index >= 15 is 0 Å². The number of amides is 3. The first kappa shape index (κ1) is 23.5. The number of carbonyl (C=O) groups is 2. The van der Waals surface area contributed by atoms with Crippen molar-refractivity contribution in [3.63, 3.8) is 0 Å². The summed E-state index contributed by atoms with van der Waals surface area (Å²) in [5.41, 5.74) is 0.0972. The molecule has 1 N–H and O–H groups in total. The maximum Gasteiger partial charge on any atom is 0.453 e. The van der Waals surface area contributed by atoms with E-state index in [2.05, 4.69) is 20.0 Å². The van der Waals surface area contributed by atoms with Crippen LogP contribution in [-0.2, 0) is 22.9 Å². The molecule has 11 heteroatoms. The number of carbonyl (C=O) groups excluding carboxylic acids is 2. The average Bonchev–Trinajstić information content (AvgIpc) is 3.33. The summed E-state index contributed by atoms with van der Waals surface area (Å²) in [6.45, 7) is 3.80. The zero-order valence-electron chi connectivity index (χ0n) is 18.6. The summed E-state index contributed by atoms with van der Waals surface area (Å²) in [5.74, 6) is -1.11. The Balaban J connectivity index is 1.44. The van der Waals surface area contributed by atoms with E-state index in [4.69, 9.17) is 4.74 Å². The Morgan fingerprint density at radius 2 is 1.91 bits per heavy atom. The quantitative estimate of drug-likeness (QED) is 0.382. The fraction of sp³-hybridized carbons (Fsp3) is 0.391. The number of nitrogens with zero attached hydrogens (tertiary/aromatic N) is 3. The number of hydrogen-bond donors (Lipinski definition) is 1. The Hall–Kier alpha value is -3.63. The van der Waals surface area contributed by atoms with Crippen LogP contribution in [-0.4, -0.2) is 40.1 Å². The molecule has 1 aliphatic rings. The lowest BCUT2D eigenvalue weighted by Crippen LogP contribution is -2.41. The maximum atomic E-state index is 13.2. The van der Waals surface area contributed by atoms with Crippen LogP contribution in [0.15, 0.2) is 41.2 Å². The molecule has 0 radical (unpaired) electrons. The van der Waals surface area contributed by atoms with E-state index in [0.29, 0.717) is 36.1 Å². The van der Waals surface area contributed by atoms with E-state index in [9.17, 15) is 22.8 Å². The second-order valence-corrected chi connectivity index (χ2v) is 8.15. The molecule has 0 spiro atoms. The molecule has 34 heavy (non-hydrogen) atoms. The first-order valence-electron chi connectivity index (χ1n) is 10.8. The van der Waals surface area contributed by atoms with Crippen molar-refractivity contribution in [2.45, 2.75) is 44.8 Å². The van der Waals surface area contributed by atoms with Crippen molar-refractivity contribution in [2.75, 3.05) is 13.2 Å². The van der Waals surface area contributed by atoms with Crippen molar-refractivity contribution in [2.24, 2.45) is 0 Å². The van der Waals surface area contributed by atoms with Gasteiger partial charge in [-0.2, -0.15) is 13.2 Å². The molecule has 2 aromatic heterocycles. The highest BCUT2D eigenvalue weighted by molar-refractivity contribution is 6.07. The predicted octanol–water partition coefficient (Wildman–Crippen LogP) is 4.43. The molecule has 0 aliphatic carbocycles. The number of pyridine rings is 1. The summed E-state index contributed by atoms with van der Waals surface area (Å²) in [5, 5.41) is 6.25. The molecule has 0 saturated carbocycles. The zero-order valence-corrected chi connectivity index (χ0v) is 18.6. The van der Waals surface area contributed by atoms with Gasteiger partial charge in [-0.05, 0) is 49.6 Å². The normalized spacial score (nSPS) is 18.6. The van der Waals surface area contributed by atoms with Crippen LogP contribution in [0.25, 0.3) is 10.9 Å². The zero-order chi connectivity index (χ0) is 24.5. The molecule has 1 saturated heterocycles. The van der Waals surface area contributed by atoms with Gasteiger partial charge < -0.3 is 14.6 Å². The minimum absolute atomic E-state index is 0.113. The number of hydrogen-bond acceptors (Lipinski definition) is 6. The first-order valence-corrected chi connectivity index (χ1v) is 10.8. The van der Waals surface area contributed by atoms with Gasteiger partial charge in [0.25, 0.3) is 5.91 Å². The second-order valence-electron chi connectivity index (χ2n) is 8.15. The van der Waals surface area contributed by atoms with Crippen molar-refractivity contribution >= 4 is 22.8 Å². The molecular weight excluding hydrogens is 453 g/mol. The minimum atomic E-state index is -4.64. The van der Waals surface area contributed by atoms with E-state index < -0.39 is 23.5 Å². The molecule has 1 atom stereocenters. The van der Waals surface area contributed by atoms with Crippen molar-refractivity contribution < 1.29 is 32.0 Å². The van der Waals surface area contributed by atoms with Gasteiger partial charge in [0.15, 0.2) is 0 Å². The molecule has 1 fully saturated rings. The molecule has 1 aliphatic heterocycles. The topological polar surface area (TPSA) is 97.6 Å². The van der Waals surface area contributed by atoms with Crippen LogP contribution >= 0.6 is 0 Å². The average molecular weight is 476 g/mol. The fourth-order valence-corrected chi connectivity index (χ4v) is 4.06. The Morgan fingerprint density at radius 1 is 1.18 bits per heavy atom. The van der Waals surface area contributed by atoms with Gasteiger partial charge in [-0.3, -0.25) is 14.7 Å². The van der Waals surface area contributed by atoms with Crippen LogP contribution in [0.1, 0.15) is 43.6 Å². The maximum absolute atomic E-state index is 13.2. The largest absolute Gasteiger partial charge is 0.493 e. The number of halogens is 3. The predicted molar refractivity (Wildman–Crippen MR) is 115 cm³/mol. The third kappa shape index (κ3) is 4.17. The highest BCUT2D eigenvalue weighted by Crippen LogP contribution is 2.38. The molecule has 0 bridgehead atoms. The van der Waals surface area contributed by atoms with Crippen LogP contribution in [0, 0.1) is 0 Å². The summed E-state index contributed by atoms with van der Waals surface area (Å²) in [6.07, 6.45) is -0.0922. The lowest BCUT2D eigenvalue weighted by atomic mass is 9.93. The summed E-state index contributed by atoms with van der Waals surface area (Å²) >= 11 is 0. The van der Waals surface area contributed by atoms with Gasteiger partial charge >= 0.3 is 12.2 Å². The van der Waals surface area contributed by atoms with Gasteiger partial charge in [0, 0.05) is 24.5 Å². The number of aromatic nitrogens is 2. The molecular formula is C23H23F3N4O4. The number of urea groups is 1. The highest BCUT2D eigenvalue weighted by Gasteiger charge is 2.48. The molecule has 3 amide bonds. The standard InChI is InChI=1S/C23H23F3N4O4/c1-3-5-15-17(7-6-16-18(15)29-34-19(16)23(24,25)26)33-13-4-12-30-20(31)22(2,28-21(30)32)14-8-10-27-11-9-14/h6-11H,3-5,12-13H2,1-2H3,(H,28,32). The van der Waals surface area contributed by atoms with E-state index in [1.807, 2.05) is 6.92 Å². The molecule has 8 nitrogen and oxygen atoms in total. The first-order chi connectivity index (χ1) is 16.2. The van der Waals surface area contributed by atoms with E-state index in [0.717, 1.165) is 4.90 Å². The lowest BCUT2D eigenvalue weighted by Gasteiger charge is -2.22. The summed E-state index contributed by atoms with van der Waals surface area (Å²) in [7, 11) is 0. The number of imide groups is 1. The molecule has 3 aromatic rings. The molecule has 4 rings (SSSR count). The van der Waals surface area contributed by atoms with E-state index in [-0.39, 0.29) is 30.0 Å². The Bertz CT molecular complexity index is 1210. The number of rotatable bonds is 8. The van der Waals surface area contributed by atoms with Gasteiger partial charge in [-0.25, -0.2) is 4.79 Å². The molecule has 180 valence electrons. The van der Waals surface area contributed by atoms with Crippen LogP contribution in [0.3, 0.4) is 0 Å². The van der Waals surface area contributed by atoms with E-state index in [1.54, 1.807) is 31.5 Å². The number of aryl methyl sites for hydroxylation is 1. The van der Waals surface area contributed by atoms with Gasteiger partial charge in [0.2, 0.25) is 5.76 Å². The molecule has 1 aromatic carbocycles. The van der Waals surface area contributed by atoms with Crippen molar-refractivity contribution in [3.8, 4) is 5.75 Å².